The van der Waals surface area contributed by atoms with Crippen LogP contribution in [0.3, 0.4) is 0 Å². The van der Waals surface area contributed by atoms with Crippen LogP contribution in [0.1, 0.15) is 18.5 Å². The van der Waals surface area contributed by atoms with Gasteiger partial charge in [0.2, 0.25) is 0 Å². The molecule has 0 saturated carbocycles. The third-order valence-electron chi connectivity index (χ3n) is 2.21. The van der Waals surface area contributed by atoms with E-state index in [1.165, 1.54) is 0 Å². The van der Waals surface area contributed by atoms with Crippen molar-refractivity contribution in [3.63, 3.8) is 0 Å². The third-order valence-corrected chi connectivity index (χ3v) is 3.96. The molecule has 0 amide bonds. The quantitative estimate of drug-likeness (QED) is 0.743. The number of hydrogen-bond acceptors (Lipinski definition) is 4. The SMILES string of the molecule is CCS(=O)(=O)C[C@@H](N)c1cccc(N)c1. The maximum absolute atomic E-state index is 11.4. The van der Waals surface area contributed by atoms with Crippen LogP contribution in [-0.2, 0) is 9.84 Å². The van der Waals surface area contributed by atoms with Gasteiger partial charge in [0.25, 0.3) is 0 Å². The van der Waals surface area contributed by atoms with E-state index in [2.05, 4.69) is 0 Å². The summed E-state index contributed by atoms with van der Waals surface area (Å²) in [4.78, 5) is 0. The zero-order chi connectivity index (χ0) is 11.5. The van der Waals surface area contributed by atoms with Crippen LogP contribution in [-0.4, -0.2) is 19.9 Å². The van der Waals surface area contributed by atoms with Crippen LogP contribution in [0.4, 0.5) is 5.69 Å². The summed E-state index contributed by atoms with van der Waals surface area (Å²) in [6, 6.07) is 6.49. The minimum atomic E-state index is -3.05. The molecule has 0 spiro atoms. The van der Waals surface area contributed by atoms with E-state index in [0.717, 1.165) is 5.56 Å². The normalized spacial score (nSPS) is 13.7. The van der Waals surface area contributed by atoms with Gasteiger partial charge in [-0.15, -0.1) is 0 Å². The maximum Gasteiger partial charge on any atom is 0.151 e. The largest absolute Gasteiger partial charge is 0.399 e. The zero-order valence-corrected chi connectivity index (χ0v) is 9.50. The molecule has 0 aromatic heterocycles. The number of hydrogen-bond donors (Lipinski definition) is 2. The lowest BCUT2D eigenvalue weighted by Gasteiger charge is -2.12. The molecule has 0 aliphatic rings. The van der Waals surface area contributed by atoms with E-state index in [-0.39, 0.29) is 11.5 Å². The molecule has 1 aromatic rings. The summed E-state index contributed by atoms with van der Waals surface area (Å²) in [7, 11) is -3.05. The molecule has 0 unspecified atom stereocenters. The molecule has 0 saturated heterocycles. The second kappa shape index (κ2) is 4.63. The fourth-order valence-corrected chi connectivity index (χ4v) is 2.25. The monoisotopic (exact) mass is 228 g/mol. The topological polar surface area (TPSA) is 86.2 Å². The van der Waals surface area contributed by atoms with Crippen LogP contribution in [0.15, 0.2) is 24.3 Å². The van der Waals surface area contributed by atoms with E-state index in [0.29, 0.717) is 5.69 Å². The predicted octanol–water partition coefficient (Wildman–Crippen LogP) is 0.703. The molecule has 0 aliphatic carbocycles. The van der Waals surface area contributed by atoms with Crippen molar-refractivity contribution in [2.75, 3.05) is 17.2 Å². The molecule has 4 nitrogen and oxygen atoms in total. The Labute approximate surface area is 90.2 Å². The van der Waals surface area contributed by atoms with Gasteiger partial charge in [-0.3, -0.25) is 0 Å². The zero-order valence-electron chi connectivity index (χ0n) is 8.68. The Hall–Kier alpha value is -1.07. The highest BCUT2D eigenvalue weighted by molar-refractivity contribution is 7.91. The molecule has 4 N–H and O–H groups in total. The molecule has 0 fully saturated rings. The molecular formula is C10H16N2O2S. The highest BCUT2D eigenvalue weighted by Gasteiger charge is 2.15. The molecule has 1 atom stereocenters. The smallest absolute Gasteiger partial charge is 0.151 e. The van der Waals surface area contributed by atoms with Crippen molar-refractivity contribution in [1.29, 1.82) is 0 Å². The second-order valence-corrected chi connectivity index (χ2v) is 5.87. The number of benzene rings is 1. The van der Waals surface area contributed by atoms with Crippen molar-refractivity contribution in [1.82, 2.24) is 0 Å². The number of nitrogen functional groups attached to an aromatic ring is 1. The number of rotatable bonds is 4. The molecule has 1 rings (SSSR count). The highest BCUT2D eigenvalue weighted by atomic mass is 32.2. The van der Waals surface area contributed by atoms with Crippen molar-refractivity contribution in [3.05, 3.63) is 29.8 Å². The summed E-state index contributed by atoms with van der Waals surface area (Å²) in [5.74, 6) is 0.0793. The molecule has 0 aliphatic heterocycles. The van der Waals surface area contributed by atoms with Crippen LogP contribution < -0.4 is 11.5 Å². The van der Waals surface area contributed by atoms with Gasteiger partial charge < -0.3 is 11.5 Å². The Morgan fingerprint density at radius 3 is 2.60 bits per heavy atom. The minimum Gasteiger partial charge on any atom is -0.399 e. The Morgan fingerprint density at radius 1 is 1.40 bits per heavy atom. The van der Waals surface area contributed by atoms with Crippen LogP contribution in [0.5, 0.6) is 0 Å². The van der Waals surface area contributed by atoms with Gasteiger partial charge in [0, 0.05) is 17.5 Å². The fraction of sp³-hybridized carbons (Fsp3) is 0.400. The first-order chi connectivity index (χ1) is 6.94. The molecule has 5 heteroatoms. The first-order valence-corrected chi connectivity index (χ1v) is 6.58. The Balaban J connectivity index is 2.82. The van der Waals surface area contributed by atoms with E-state index >= 15 is 0 Å². The minimum absolute atomic E-state index is 0.0348. The molecule has 84 valence electrons. The van der Waals surface area contributed by atoms with Crippen molar-refractivity contribution < 1.29 is 8.42 Å². The van der Waals surface area contributed by atoms with Gasteiger partial charge in [-0.2, -0.15) is 0 Å². The Kier molecular flexibility index (Phi) is 3.71. The van der Waals surface area contributed by atoms with Gasteiger partial charge in [0.05, 0.1) is 5.75 Å². The lowest BCUT2D eigenvalue weighted by atomic mass is 10.1. The molecule has 0 bridgehead atoms. The van der Waals surface area contributed by atoms with Crippen LogP contribution >= 0.6 is 0 Å². The first-order valence-electron chi connectivity index (χ1n) is 4.76. The third kappa shape index (κ3) is 3.53. The van der Waals surface area contributed by atoms with Gasteiger partial charge in [-0.05, 0) is 17.7 Å². The second-order valence-electron chi connectivity index (χ2n) is 3.48. The van der Waals surface area contributed by atoms with E-state index in [4.69, 9.17) is 11.5 Å². The van der Waals surface area contributed by atoms with Gasteiger partial charge in [0.1, 0.15) is 0 Å². The number of anilines is 1. The van der Waals surface area contributed by atoms with E-state index in [1.54, 1.807) is 31.2 Å². The molecule has 0 heterocycles. The Bertz CT molecular complexity index is 429. The average molecular weight is 228 g/mol. The van der Waals surface area contributed by atoms with Crippen molar-refractivity contribution >= 4 is 15.5 Å². The molecule has 1 aromatic carbocycles. The number of nitrogens with two attached hydrogens (primary N) is 2. The van der Waals surface area contributed by atoms with Crippen LogP contribution in [0.25, 0.3) is 0 Å². The highest BCUT2D eigenvalue weighted by Crippen LogP contribution is 2.15. The average Bonchev–Trinajstić information content (AvgIpc) is 2.17. The van der Waals surface area contributed by atoms with Gasteiger partial charge in [0.15, 0.2) is 9.84 Å². The van der Waals surface area contributed by atoms with Gasteiger partial charge in [-0.1, -0.05) is 19.1 Å². The maximum atomic E-state index is 11.4. The van der Waals surface area contributed by atoms with Gasteiger partial charge >= 0.3 is 0 Å². The van der Waals surface area contributed by atoms with Crippen molar-refractivity contribution in [2.24, 2.45) is 5.73 Å². The van der Waals surface area contributed by atoms with Crippen LogP contribution in [0.2, 0.25) is 0 Å². The predicted molar refractivity (Wildman–Crippen MR) is 62.1 cm³/mol. The number of sulfone groups is 1. The standard InChI is InChI=1S/C10H16N2O2S/c1-2-15(13,14)7-10(12)8-4-3-5-9(11)6-8/h3-6,10H,2,7,11-12H2,1H3/t10-/m1/s1. The van der Waals surface area contributed by atoms with Crippen LogP contribution in [0, 0.1) is 0 Å². The summed E-state index contributed by atoms with van der Waals surface area (Å²) in [6.45, 7) is 1.61. The summed E-state index contributed by atoms with van der Waals surface area (Å²) in [5, 5.41) is 0. The van der Waals surface area contributed by atoms with Crippen molar-refractivity contribution in [3.8, 4) is 0 Å². The van der Waals surface area contributed by atoms with Gasteiger partial charge in [-0.25, -0.2) is 8.42 Å². The summed E-state index contributed by atoms with van der Waals surface area (Å²) >= 11 is 0. The summed E-state index contributed by atoms with van der Waals surface area (Å²) < 4.78 is 22.7. The Morgan fingerprint density at radius 2 is 2.07 bits per heavy atom. The van der Waals surface area contributed by atoms with E-state index < -0.39 is 15.9 Å². The molecule has 0 radical (unpaired) electrons. The van der Waals surface area contributed by atoms with E-state index in [1.807, 2.05) is 0 Å². The summed E-state index contributed by atoms with van der Waals surface area (Å²) in [6.07, 6.45) is 0. The lowest BCUT2D eigenvalue weighted by Crippen LogP contribution is -2.22. The summed E-state index contributed by atoms with van der Waals surface area (Å²) in [5.41, 5.74) is 12.7. The lowest BCUT2D eigenvalue weighted by molar-refractivity contribution is 0.590. The fourth-order valence-electron chi connectivity index (χ4n) is 1.28. The molecule has 15 heavy (non-hydrogen) atoms. The first kappa shape index (κ1) is 12.0. The van der Waals surface area contributed by atoms with Crippen molar-refractivity contribution in [2.45, 2.75) is 13.0 Å². The molecular weight excluding hydrogens is 212 g/mol. The van der Waals surface area contributed by atoms with E-state index in [9.17, 15) is 8.42 Å².